The minimum Gasteiger partial charge on any atom is -0.366 e. The van der Waals surface area contributed by atoms with Crippen LogP contribution in [0.15, 0.2) is 18.3 Å². The molecule has 1 aliphatic rings. The van der Waals surface area contributed by atoms with Crippen LogP contribution in [0.2, 0.25) is 0 Å². The lowest BCUT2D eigenvalue weighted by molar-refractivity contribution is 0.100. The largest absolute Gasteiger partial charge is 0.366 e. The number of halogens is 1. The third-order valence-electron chi connectivity index (χ3n) is 3.60. The van der Waals surface area contributed by atoms with Crippen LogP contribution in [-0.4, -0.2) is 40.7 Å². The lowest BCUT2D eigenvalue weighted by atomic mass is 10.1. The van der Waals surface area contributed by atoms with Crippen molar-refractivity contribution in [1.29, 1.82) is 0 Å². The summed E-state index contributed by atoms with van der Waals surface area (Å²) in [6, 6.07) is 2.79. The van der Waals surface area contributed by atoms with Gasteiger partial charge in [-0.3, -0.25) is 9.48 Å². The van der Waals surface area contributed by atoms with Crippen LogP contribution in [0.5, 0.6) is 0 Å². The molecule has 0 bridgehead atoms. The summed E-state index contributed by atoms with van der Waals surface area (Å²) in [4.78, 5) is 13.6. The van der Waals surface area contributed by atoms with Crippen molar-refractivity contribution < 1.29 is 9.18 Å². The number of amides is 1. The van der Waals surface area contributed by atoms with Crippen molar-refractivity contribution in [2.24, 2.45) is 5.73 Å². The number of nitrogens with zero attached hydrogens (tertiary/aromatic N) is 3. The maximum atomic E-state index is 13.5. The predicted molar refractivity (Wildman–Crippen MR) is 69.4 cm³/mol. The first-order chi connectivity index (χ1) is 9.04. The molecule has 19 heavy (non-hydrogen) atoms. The second-order valence-corrected chi connectivity index (χ2v) is 5.07. The summed E-state index contributed by atoms with van der Waals surface area (Å²) in [6.07, 6.45) is 2.79. The molecule has 1 aromatic carbocycles. The number of rotatable bonds is 2. The lowest BCUT2D eigenvalue weighted by Crippen LogP contribution is -2.17. The maximum Gasteiger partial charge on any atom is 0.251 e. The van der Waals surface area contributed by atoms with Crippen LogP contribution >= 0.6 is 0 Å². The lowest BCUT2D eigenvalue weighted by Gasteiger charge is -2.10. The van der Waals surface area contributed by atoms with Gasteiger partial charge in [0.25, 0.3) is 5.91 Å². The Morgan fingerprint density at radius 2 is 2.32 bits per heavy atom. The number of benzene rings is 1. The van der Waals surface area contributed by atoms with Crippen LogP contribution in [0.25, 0.3) is 10.9 Å². The second kappa shape index (κ2) is 4.31. The highest BCUT2D eigenvalue weighted by Crippen LogP contribution is 2.25. The molecular formula is C13H15FN4O. The molecule has 1 fully saturated rings. The quantitative estimate of drug-likeness (QED) is 0.883. The first kappa shape index (κ1) is 12.1. The first-order valence-electron chi connectivity index (χ1n) is 6.21. The van der Waals surface area contributed by atoms with E-state index >= 15 is 0 Å². The molecule has 5 nitrogen and oxygen atoms in total. The Kier molecular flexibility index (Phi) is 2.74. The van der Waals surface area contributed by atoms with E-state index in [-0.39, 0.29) is 11.6 Å². The van der Waals surface area contributed by atoms with E-state index in [4.69, 9.17) is 5.73 Å². The summed E-state index contributed by atoms with van der Waals surface area (Å²) in [5, 5.41) is 5.03. The smallest absolute Gasteiger partial charge is 0.251 e. The topological polar surface area (TPSA) is 64.2 Å². The van der Waals surface area contributed by atoms with Gasteiger partial charge in [0, 0.05) is 18.1 Å². The van der Waals surface area contributed by atoms with Crippen molar-refractivity contribution >= 4 is 16.8 Å². The molecule has 0 radical (unpaired) electrons. The van der Waals surface area contributed by atoms with Gasteiger partial charge in [-0.1, -0.05) is 0 Å². The van der Waals surface area contributed by atoms with Gasteiger partial charge in [-0.15, -0.1) is 0 Å². The molecule has 100 valence electrons. The van der Waals surface area contributed by atoms with Crippen LogP contribution in [0.3, 0.4) is 0 Å². The fourth-order valence-electron chi connectivity index (χ4n) is 2.62. The van der Waals surface area contributed by atoms with Crippen LogP contribution in [0, 0.1) is 5.82 Å². The molecule has 1 aliphatic heterocycles. The van der Waals surface area contributed by atoms with Gasteiger partial charge in [0.1, 0.15) is 11.3 Å². The summed E-state index contributed by atoms with van der Waals surface area (Å²) in [7, 11) is 2.05. The summed E-state index contributed by atoms with van der Waals surface area (Å²) >= 11 is 0. The SMILES string of the molecule is CN1CCC(n2cc3cc(F)cc(C(N)=O)c3n2)C1. The zero-order valence-corrected chi connectivity index (χ0v) is 10.6. The Morgan fingerprint density at radius 3 is 2.95 bits per heavy atom. The van der Waals surface area contributed by atoms with Crippen LogP contribution in [0.4, 0.5) is 4.39 Å². The van der Waals surface area contributed by atoms with E-state index in [0.717, 1.165) is 25.6 Å². The molecule has 1 aromatic heterocycles. The number of likely N-dealkylation sites (tertiary alicyclic amines) is 1. The molecule has 1 atom stereocenters. The summed E-state index contributed by atoms with van der Waals surface area (Å²) in [6.45, 7) is 1.92. The third kappa shape index (κ3) is 2.08. The Morgan fingerprint density at radius 1 is 1.53 bits per heavy atom. The van der Waals surface area contributed by atoms with Gasteiger partial charge in [-0.05, 0) is 32.1 Å². The molecule has 2 heterocycles. The van der Waals surface area contributed by atoms with E-state index in [1.807, 2.05) is 4.68 Å². The Labute approximate surface area is 109 Å². The highest BCUT2D eigenvalue weighted by molar-refractivity contribution is 6.04. The molecule has 0 spiro atoms. The monoisotopic (exact) mass is 262 g/mol. The standard InChI is InChI=1S/C13H15FN4O/c1-17-3-2-10(7-17)18-6-8-4-9(14)5-11(13(15)19)12(8)16-18/h4-6,10H,2-3,7H2,1H3,(H2,15,19). The summed E-state index contributed by atoms with van der Waals surface area (Å²) in [5.74, 6) is -1.12. The van der Waals surface area contributed by atoms with E-state index < -0.39 is 11.7 Å². The van der Waals surface area contributed by atoms with Crippen molar-refractivity contribution in [2.75, 3.05) is 20.1 Å². The maximum absolute atomic E-state index is 13.5. The van der Waals surface area contributed by atoms with Crippen LogP contribution in [-0.2, 0) is 0 Å². The van der Waals surface area contributed by atoms with Crippen molar-refractivity contribution in [1.82, 2.24) is 14.7 Å². The predicted octanol–water partition coefficient (Wildman–Crippen LogP) is 1.15. The van der Waals surface area contributed by atoms with Crippen molar-refractivity contribution in [3.05, 3.63) is 29.7 Å². The average molecular weight is 262 g/mol. The fraction of sp³-hybridized carbons (Fsp3) is 0.385. The molecular weight excluding hydrogens is 247 g/mol. The minimum atomic E-state index is -0.654. The first-order valence-corrected chi connectivity index (χ1v) is 6.21. The molecule has 1 saturated heterocycles. The van der Waals surface area contributed by atoms with E-state index in [1.54, 1.807) is 6.20 Å². The van der Waals surface area contributed by atoms with Gasteiger partial charge >= 0.3 is 0 Å². The molecule has 1 amide bonds. The number of hydrogen-bond acceptors (Lipinski definition) is 3. The number of carbonyl (C=O) groups excluding carboxylic acids is 1. The number of carbonyl (C=O) groups is 1. The number of primary amides is 1. The minimum absolute atomic E-state index is 0.139. The van der Waals surface area contributed by atoms with Gasteiger partial charge in [0.2, 0.25) is 0 Å². The van der Waals surface area contributed by atoms with Gasteiger partial charge < -0.3 is 10.6 Å². The Bertz CT molecular complexity index is 651. The zero-order valence-electron chi connectivity index (χ0n) is 10.6. The highest BCUT2D eigenvalue weighted by atomic mass is 19.1. The Balaban J connectivity index is 2.10. The van der Waals surface area contributed by atoms with E-state index in [9.17, 15) is 9.18 Å². The van der Waals surface area contributed by atoms with Crippen molar-refractivity contribution in [3.8, 4) is 0 Å². The zero-order chi connectivity index (χ0) is 13.6. The summed E-state index contributed by atoms with van der Waals surface area (Å²) in [5.41, 5.74) is 5.88. The van der Waals surface area contributed by atoms with E-state index in [0.29, 0.717) is 10.9 Å². The molecule has 0 aliphatic carbocycles. The number of nitrogens with two attached hydrogens (primary N) is 1. The molecule has 2 aromatic rings. The fourth-order valence-corrected chi connectivity index (χ4v) is 2.62. The normalized spacial score (nSPS) is 20.2. The van der Waals surface area contributed by atoms with Crippen LogP contribution < -0.4 is 5.73 Å². The molecule has 0 saturated carbocycles. The van der Waals surface area contributed by atoms with Gasteiger partial charge in [0.05, 0.1) is 11.6 Å². The highest BCUT2D eigenvalue weighted by Gasteiger charge is 2.23. The van der Waals surface area contributed by atoms with Crippen molar-refractivity contribution in [3.63, 3.8) is 0 Å². The molecule has 2 N–H and O–H groups in total. The number of aromatic nitrogens is 2. The third-order valence-corrected chi connectivity index (χ3v) is 3.60. The Hall–Kier alpha value is -1.95. The molecule has 1 unspecified atom stereocenters. The van der Waals surface area contributed by atoms with Gasteiger partial charge in [0.15, 0.2) is 0 Å². The molecule has 3 rings (SSSR count). The van der Waals surface area contributed by atoms with Gasteiger partial charge in [-0.2, -0.15) is 5.10 Å². The van der Waals surface area contributed by atoms with Crippen LogP contribution in [0.1, 0.15) is 22.8 Å². The number of likely N-dealkylation sites (N-methyl/N-ethyl adjacent to an activating group) is 1. The number of hydrogen-bond donors (Lipinski definition) is 1. The molecule has 6 heteroatoms. The second-order valence-electron chi connectivity index (χ2n) is 5.07. The van der Waals surface area contributed by atoms with Crippen molar-refractivity contribution in [2.45, 2.75) is 12.5 Å². The van der Waals surface area contributed by atoms with E-state index in [1.165, 1.54) is 6.07 Å². The number of fused-ring (bicyclic) bond motifs is 1. The van der Waals surface area contributed by atoms with E-state index in [2.05, 4.69) is 17.0 Å². The average Bonchev–Trinajstić information content (AvgIpc) is 2.93. The summed E-state index contributed by atoms with van der Waals surface area (Å²) < 4.78 is 15.3. The van der Waals surface area contributed by atoms with Gasteiger partial charge in [-0.25, -0.2) is 4.39 Å².